The van der Waals surface area contributed by atoms with Gasteiger partial charge in [0.05, 0.1) is 11.5 Å². The lowest BCUT2D eigenvalue weighted by molar-refractivity contribution is -0.124. The van der Waals surface area contributed by atoms with E-state index in [1.807, 2.05) is 30.3 Å². The summed E-state index contributed by atoms with van der Waals surface area (Å²) in [5.74, 6) is 0.436. The minimum absolute atomic E-state index is 0.162. The number of aromatic nitrogens is 4. The Bertz CT molecular complexity index is 778. The molecule has 1 fully saturated rings. The number of nitrogens with zero attached hydrogens (tertiary/aromatic N) is 4. The van der Waals surface area contributed by atoms with Gasteiger partial charge in [0, 0.05) is 13.0 Å². The predicted octanol–water partition coefficient (Wildman–Crippen LogP) is 0.398. The maximum atomic E-state index is 12.7. The standard InChI is InChI=1S/C16H21N5O3S/c22-16(17-11-14-6-8-25(23,24)9-7-14)15(21-12-18-19-20-21)10-13-4-2-1-3-5-13/h1-5,12,14-15H,6-11H2,(H,17,22). The third-order valence-electron chi connectivity index (χ3n) is 4.50. The fourth-order valence-electron chi connectivity index (χ4n) is 2.96. The molecule has 1 aromatic carbocycles. The topological polar surface area (TPSA) is 107 Å². The number of tetrazole rings is 1. The fourth-order valence-corrected chi connectivity index (χ4v) is 4.55. The van der Waals surface area contributed by atoms with E-state index in [9.17, 15) is 13.2 Å². The van der Waals surface area contributed by atoms with E-state index in [-0.39, 0.29) is 23.3 Å². The number of hydrogen-bond donors (Lipinski definition) is 1. The molecule has 2 aromatic rings. The quantitative estimate of drug-likeness (QED) is 0.796. The van der Waals surface area contributed by atoms with Gasteiger partial charge < -0.3 is 5.32 Å². The highest BCUT2D eigenvalue weighted by Gasteiger charge is 2.26. The van der Waals surface area contributed by atoms with E-state index >= 15 is 0 Å². The van der Waals surface area contributed by atoms with Gasteiger partial charge in [0.15, 0.2) is 0 Å². The van der Waals surface area contributed by atoms with Gasteiger partial charge in [-0.2, -0.15) is 0 Å². The summed E-state index contributed by atoms with van der Waals surface area (Å²) in [6, 6.07) is 9.14. The highest BCUT2D eigenvalue weighted by atomic mass is 32.2. The smallest absolute Gasteiger partial charge is 0.245 e. The Labute approximate surface area is 146 Å². The molecule has 0 bridgehead atoms. The largest absolute Gasteiger partial charge is 0.354 e. The molecule has 3 rings (SSSR count). The predicted molar refractivity (Wildman–Crippen MR) is 91.4 cm³/mol. The summed E-state index contributed by atoms with van der Waals surface area (Å²) in [5, 5.41) is 14.0. The molecule has 1 N–H and O–H groups in total. The first-order chi connectivity index (χ1) is 12.0. The molecule has 0 saturated carbocycles. The molecular formula is C16H21N5O3S. The molecule has 1 saturated heterocycles. The first kappa shape index (κ1) is 17.5. The van der Waals surface area contributed by atoms with E-state index in [4.69, 9.17) is 0 Å². The molecular weight excluding hydrogens is 342 g/mol. The SMILES string of the molecule is O=C(NCC1CCS(=O)(=O)CC1)C(Cc1ccccc1)n1cnnn1. The van der Waals surface area contributed by atoms with Gasteiger partial charge in [0.1, 0.15) is 22.2 Å². The van der Waals surface area contributed by atoms with Crippen LogP contribution in [0.4, 0.5) is 0 Å². The van der Waals surface area contributed by atoms with E-state index in [1.165, 1.54) is 11.0 Å². The molecule has 1 aromatic heterocycles. The van der Waals surface area contributed by atoms with Crippen LogP contribution in [-0.2, 0) is 21.1 Å². The number of carbonyl (C=O) groups is 1. The Kier molecular flexibility index (Phi) is 5.42. The summed E-state index contributed by atoms with van der Waals surface area (Å²) in [6.45, 7) is 0.474. The molecule has 1 aliphatic heterocycles. The van der Waals surface area contributed by atoms with Crippen LogP contribution in [0.5, 0.6) is 0 Å². The van der Waals surface area contributed by atoms with Crippen LogP contribution in [0.25, 0.3) is 0 Å². The molecule has 8 nitrogen and oxygen atoms in total. The number of amides is 1. The zero-order valence-electron chi connectivity index (χ0n) is 13.8. The minimum Gasteiger partial charge on any atom is -0.354 e. The molecule has 0 aliphatic carbocycles. The van der Waals surface area contributed by atoms with Crippen molar-refractivity contribution in [3.8, 4) is 0 Å². The van der Waals surface area contributed by atoms with Crippen molar-refractivity contribution in [2.24, 2.45) is 5.92 Å². The van der Waals surface area contributed by atoms with Gasteiger partial charge in [0.2, 0.25) is 5.91 Å². The first-order valence-corrected chi connectivity index (χ1v) is 10.1. The van der Waals surface area contributed by atoms with Crippen molar-refractivity contribution in [2.75, 3.05) is 18.1 Å². The van der Waals surface area contributed by atoms with E-state index in [2.05, 4.69) is 20.8 Å². The van der Waals surface area contributed by atoms with E-state index in [1.54, 1.807) is 0 Å². The number of carbonyl (C=O) groups excluding carboxylic acids is 1. The van der Waals surface area contributed by atoms with Gasteiger partial charge in [-0.3, -0.25) is 4.79 Å². The first-order valence-electron chi connectivity index (χ1n) is 8.28. The molecule has 2 heterocycles. The summed E-state index contributed by atoms with van der Waals surface area (Å²) in [6.07, 6.45) is 3.10. The Balaban J connectivity index is 1.62. The van der Waals surface area contributed by atoms with Crippen LogP contribution in [0.2, 0.25) is 0 Å². The second kappa shape index (κ2) is 7.73. The highest BCUT2D eigenvalue weighted by Crippen LogP contribution is 2.19. The molecule has 134 valence electrons. The number of rotatable bonds is 6. The van der Waals surface area contributed by atoms with Crippen molar-refractivity contribution in [3.63, 3.8) is 0 Å². The second-order valence-electron chi connectivity index (χ2n) is 6.34. The zero-order chi connectivity index (χ0) is 17.7. The second-order valence-corrected chi connectivity index (χ2v) is 8.64. The third kappa shape index (κ3) is 4.85. The van der Waals surface area contributed by atoms with Crippen molar-refractivity contribution in [3.05, 3.63) is 42.2 Å². The van der Waals surface area contributed by atoms with Crippen molar-refractivity contribution < 1.29 is 13.2 Å². The number of sulfone groups is 1. The number of nitrogens with one attached hydrogen (secondary N) is 1. The Morgan fingerprint density at radius 3 is 2.60 bits per heavy atom. The molecule has 0 spiro atoms. The van der Waals surface area contributed by atoms with Crippen molar-refractivity contribution in [2.45, 2.75) is 25.3 Å². The summed E-state index contributed by atoms with van der Waals surface area (Å²) < 4.78 is 24.4. The lowest BCUT2D eigenvalue weighted by Gasteiger charge is -2.23. The van der Waals surface area contributed by atoms with Crippen molar-refractivity contribution >= 4 is 15.7 Å². The van der Waals surface area contributed by atoms with Gasteiger partial charge in [-0.05, 0) is 34.7 Å². The number of hydrogen-bond acceptors (Lipinski definition) is 6. The normalized spacial score (nSPS) is 18.6. The molecule has 0 radical (unpaired) electrons. The van der Waals surface area contributed by atoms with Crippen LogP contribution < -0.4 is 5.32 Å². The lowest BCUT2D eigenvalue weighted by Crippen LogP contribution is -2.39. The number of benzene rings is 1. The molecule has 1 amide bonds. The maximum Gasteiger partial charge on any atom is 0.245 e. The Morgan fingerprint density at radius 2 is 1.96 bits per heavy atom. The summed E-state index contributed by atoms with van der Waals surface area (Å²) >= 11 is 0. The molecule has 9 heteroatoms. The summed E-state index contributed by atoms with van der Waals surface area (Å²) in [4.78, 5) is 12.7. The summed E-state index contributed by atoms with van der Waals surface area (Å²) in [7, 11) is -2.89. The maximum absolute atomic E-state index is 12.7. The van der Waals surface area contributed by atoms with Crippen LogP contribution in [0.15, 0.2) is 36.7 Å². The third-order valence-corrected chi connectivity index (χ3v) is 6.21. The monoisotopic (exact) mass is 363 g/mol. The Hall–Kier alpha value is -2.29. The Morgan fingerprint density at radius 1 is 1.24 bits per heavy atom. The average molecular weight is 363 g/mol. The zero-order valence-corrected chi connectivity index (χ0v) is 14.6. The van der Waals surface area contributed by atoms with Crippen LogP contribution in [0.1, 0.15) is 24.4 Å². The van der Waals surface area contributed by atoms with E-state index < -0.39 is 15.9 Å². The summed E-state index contributed by atoms with van der Waals surface area (Å²) in [5.41, 5.74) is 1.02. The van der Waals surface area contributed by atoms with E-state index in [0.29, 0.717) is 25.8 Å². The average Bonchev–Trinajstić information content (AvgIpc) is 3.13. The molecule has 1 unspecified atom stereocenters. The van der Waals surface area contributed by atoms with Crippen molar-refractivity contribution in [1.29, 1.82) is 0 Å². The molecule has 1 aliphatic rings. The van der Waals surface area contributed by atoms with Crippen LogP contribution in [0, 0.1) is 5.92 Å². The van der Waals surface area contributed by atoms with Crippen LogP contribution >= 0.6 is 0 Å². The van der Waals surface area contributed by atoms with Gasteiger partial charge in [-0.25, -0.2) is 13.1 Å². The van der Waals surface area contributed by atoms with Gasteiger partial charge >= 0.3 is 0 Å². The van der Waals surface area contributed by atoms with Crippen molar-refractivity contribution in [1.82, 2.24) is 25.5 Å². The van der Waals surface area contributed by atoms with Gasteiger partial charge in [-0.15, -0.1) is 5.10 Å². The van der Waals surface area contributed by atoms with Gasteiger partial charge in [-0.1, -0.05) is 30.3 Å². The van der Waals surface area contributed by atoms with Gasteiger partial charge in [0.25, 0.3) is 0 Å². The molecule has 1 atom stereocenters. The van der Waals surface area contributed by atoms with Crippen LogP contribution in [0.3, 0.4) is 0 Å². The minimum atomic E-state index is -2.89. The van der Waals surface area contributed by atoms with E-state index in [0.717, 1.165) is 5.56 Å². The fraction of sp³-hybridized carbons (Fsp3) is 0.500. The lowest BCUT2D eigenvalue weighted by atomic mass is 10.0. The highest BCUT2D eigenvalue weighted by molar-refractivity contribution is 7.91. The van der Waals surface area contributed by atoms with Crippen LogP contribution in [-0.4, -0.2) is 52.6 Å². The molecule has 25 heavy (non-hydrogen) atoms.